The lowest BCUT2D eigenvalue weighted by atomic mass is 9.87. The zero-order chi connectivity index (χ0) is 25.6. The Balaban J connectivity index is 1.10. The van der Waals surface area contributed by atoms with Gasteiger partial charge in [0.1, 0.15) is 5.82 Å². The summed E-state index contributed by atoms with van der Waals surface area (Å²) in [6, 6.07) is 10.4. The second-order valence-electron chi connectivity index (χ2n) is 11.0. The largest absolute Gasteiger partial charge is 0.481 e. The maximum atomic E-state index is 13.0. The number of piperidine rings is 1. The van der Waals surface area contributed by atoms with Gasteiger partial charge in [0.2, 0.25) is 5.91 Å². The number of hydrogen-bond donors (Lipinski definition) is 3. The first-order valence-corrected chi connectivity index (χ1v) is 14.1. The fourth-order valence-electron chi connectivity index (χ4n) is 6.13. The first-order valence-electron chi connectivity index (χ1n) is 14.1. The van der Waals surface area contributed by atoms with Crippen LogP contribution in [-0.2, 0) is 35.3 Å². The standard InChI is InChI=1S/C30H40N4O3/c35-29(32-19-27(30(36)37)24-12-11-21-6-1-2-7-23(21)18-24)25-9-4-16-34(20-25)17-5-10-26-14-13-22-8-3-15-31-28(22)33-26/h11-14,18,25,27H,1-10,15-17,19-20H2,(H,31,33)(H,32,35)(H,36,37). The number of nitrogens with one attached hydrogen (secondary N) is 2. The number of fused-ring (bicyclic) bond motifs is 2. The monoisotopic (exact) mass is 504 g/mol. The molecular formula is C30H40N4O3. The third-order valence-electron chi connectivity index (χ3n) is 8.29. The van der Waals surface area contributed by atoms with Crippen molar-refractivity contribution in [2.24, 2.45) is 5.92 Å². The predicted molar refractivity (Wildman–Crippen MR) is 145 cm³/mol. The SMILES string of the molecule is O=C(NCC(C(=O)O)c1ccc2c(c1)CCCC2)C1CCCN(CCCc2ccc3c(n2)NCCC3)C1. The molecule has 0 radical (unpaired) electrons. The highest BCUT2D eigenvalue weighted by molar-refractivity contribution is 5.81. The van der Waals surface area contributed by atoms with E-state index in [4.69, 9.17) is 4.98 Å². The van der Waals surface area contributed by atoms with Crippen molar-refractivity contribution in [2.75, 3.05) is 38.0 Å². The number of rotatable bonds is 9. The number of pyridine rings is 1. The average Bonchev–Trinajstić information content (AvgIpc) is 2.93. The van der Waals surface area contributed by atoms with Crippen LogP contribution in [0.1, 0.15) is 72.4 Å². The summed E-state index contributed by atoms with van der Waals surface area (Å²) in [5.41, 5.74) is 5.85. The van der Waals surface area contributed by atoms with E-state index in [1.807, 2.05) is 6.07 Å². The van der Waals surface area contributed by atoms with Crippen LogP contribution in [0, 0.1) is 5.92 Å². The number of carboxylic acid groups (broad SMARTS) is 1. The molecule has 3 N–H and O–H groups in total. The Labute approximate surface area is 220 Å². The fraction of sp³-hybridized carbons (Fsp3) is 0.567. The quantitative estimate of drug-likeness (QED) is 0.479. The van der Waals surface area contributed by atoms with Crippen molar-refractivity contribution < 1.29 is 14.7 Å². The molecule has 2 aliphatic heterocycles. The molecule has 0 bridgehead atoms. The number of amides is 1. The number of anilines is 1. The molecule has 7 nitrogen and oxygen atoms in total. The molecule has 0 spiro atoms. The number of carbonyl (C=O) groups excluding carboxylic acids is 1. The smallest absolute Gasteiger partial charge is 0.312 e. The molecule has 0 saturated carbocycles. The summed E-state index contributed by atoms with van der Waals surface area (Å²) in [5.74, 6) is -0.649. The van der Waals surface area contributed by atoms with Crippen LogP contribution in [0.4, 0.5) is 5.82 Å². The number of carboxylic acids is 1. The predicted octanol–water partition coefficient (Wildman–Crippen LogP) is 3.95. The number of nitrogens with zero attached hydrogens (tertiary/aromatic N) is 2. The highest BCUT2D eigenvalue weighted by Gasteiger charge is 2.28. The molecule has 1 aromatic heterocycles. The first-order chi connectivity index (χ1) is 18.1. The van der Waals surface area contributed by atoms with Gasteiger partial charge in [-0.3, -0.25) is 9.59 Å². The number of aryl methyl sites for hydroxylation is 4. The zero-order valence-electron chi connectivity index (χ0n) is 21.8. The van der Waals surface area contributed by atoms with Crippen molar-refractivity contribution >= 4 is 17.7 Å². The van der Waals surface area contributed by atoms with Crippen LogP contribution >= 0.6 is 0 Å². The van der Waals surface area contributed by atoms with Gasteiger partial charge >= 0.3 is 5.97 Å². The second kappa shape index (κ2) is 12.1. The van der Waals surface area contributed by atoms with E-state index in [9.17, 15) is 14.7 Å². The van der Waals surface area contributed by atoms with Gasteiger partial charge in [-0.15, -0.1) is 0 Å². The van der Waals surface area contributed by atoms with Gasteiger partial charge in [-0.2, -0.15) is 0 Å². The summed E-state index contributed by atoms with van der Waals surface area (Å²) in [5, 5.41) is 16.3. The average molecular weight is 505 g/mol. The maximum absolute atomic E-state index is 13.0. The minimum Gasteiger partial charge on any atom is -0.481 e. The zero-order valence-corrected chi connectivity index (χ0v) is 21.8. The molecule has 2 aromatic rings. The van der Waals surface area contributed by atoms with Crippen LogP contribution < -0.4 is 10.6 Å². The Morgan fingerprint density at radius 3 is 2.73 bits per heavy atom. The molecule has 1 aromatic carbocycles. The van der Waals surface area contributed by atoms with Crippen LogP contribution in [0.25, 0.3) is 0 Å². The fourth-order valence-corrected chi connectivity index (χ4v) is 6.13. The molecule has 1 fully saturated rings. The van der Waals surface area contributed by atoms with Crippen LogP contribution in [0.5, 0.6) is 0 Å². The van der Waals surface area contributed by atoms with Gasteiger partial charge in [0.15, 0.2) is 0 Å². The molecule has 37 heavy (non-hydrogen) atoms. The number of aliphatic carboxylic acids is 1. The molecule has 7 heteroatoms. The van der Waals surface area contributed by atoms with Gasteiger partial charge < -0.3 is 20.6 Å². The normalized spacial score (nSPS) is 20.3. The number of aromatic nitrogens is 1. The van der Waals surface area contributed by atoms with Crippen molar-refractivity contribution in [2.45, 2.75) is 70.1 Å². The van der Waals surface area contributed by atoms with Gasteiger partial charge in [-0.05, 0) is 106 Å². The van der Waals surface area contributed by atoms with E-state index in [0.717, 1.165) is 94.6 Å². The summed E-state index contributed by atoms with van der Waals surface area (Å²) < 4.78 is 0. The van der Waals surface area contributed by atoms with Gasteiger partial charge in [-0.25, -0.2) is 4.98 Å². The third kappa shape index (κ3) is 6.50. The van der Waals surface area contributed by atoms with E-state index in [1.54, 1.807) is 0 Å². The van der Waals surface area contributed by atoms with Gasteiger partial charge in [-0.1, -0.05) is 24.3 Å². The minimum atomic E-state index is -0.882. The van der Waals surface area contributed by atoms with Crippen LogP contribution in [0.2, 0.25) is 0 Å². The molecule has 3 aliphatic rings. The summed E-state index contributed by atoms with van der Waals surface area (Å²) in [4.78, 5) is 32.3. The molecule has 198 valence electrons. The summed E-state index contributed by atoms with van der Waals surface area (Å²) in [7, 11) is 0. The highest BCUT2D eigenvalue weighted by Crippen LogP contribution is 2.26. The molecule has 1 aliphatic carbocycles. The van der Waals surface area contributed by atoms with Crippen molar-refractivity contribution in [3.05, 3.63) is 58.3 Å². The lowest BCUT2D eigenvalue weighted by molar-refractivity contribution is -0.138. The Morgan fingerprint density at radius 1 is 1.05 bits per heavy atom. The van der Waals surface area contributed by atoms with E-state index < -0.39 is 11.9 Å². The van der Waals surface area contributed by atoms with Gasteiger partial charge in [0, 0.05) is 25.3 Å². The molecule has 1 amide bonds. The second-order valence-corrected chi connectivity index (χ2v) is 11.0. The van der Waals surface area contributed by atoms with Crippen molar-refractivity contribution in [3.8, 4) is 0 Å². The lowest BCUT2D eigenvalue weighted by Crippen LogP contribution is -2.44. The number of carbonyl (C=O) groups is 2. The van der Waals surface area contributed by atoms with Crippen LogP contribution in [-0.4, -0.2) is 59.6 Å². The number of likely N-dealkylation sites (tertiary alicyclic amines) is 1. The minimum absolute atomic E-state index is 0.0173. The van der Waals surface area contributed by atoms with Crippen molar-refractivity contribution in [1.82, 2.24) is 15.2 Å². The number of benzene rings is 1. The number of hydrogen-bond acceptors (Lipinski definition) is 5. The van der Waals surface area contributed by atoms with E-state index in [0.29, 0.717) is 0 Å². The molecule has 2 unspecified atom stereocenters. The van der Waals surface area contributed by atoms with Crippen LogP contribution in [0.15, 0.2) is 30.3 Å². The molecule has 3 heterocycles. The summed E-state index contributed by atoms with van der Waals surface area (Å²) >= 11 is 0. The third-order valence-corrected chi connectivity index (χ3v) is 8.29. The Bertz CT molecular complexity index is 1120. The van der Waals surface area contributed by atoms with Crippen LogP contribution in [0.3, 0.4) is 0 Å². The molecular weight excluding hydrogens is 464 g/mol. The van der Waals surface area contributed by atoms with E-state index >= 15 is 0 Å². The molecule has 1 saturated heterocycles. The molecule has 2 atom stereocenters. The molecule has 5 rings (SSSR count). The topological polar surface area (TPSA) is 94.6 Å². The maximum Gasteiger partial charge on any atom is 0.312 e. The van der Waals surface area contributed by atoms with Gasteiger partial charge in [0.25, 0.3) is 0 Å². The lowest BCUT2D eigenvalue weighted by Gasteiger charge is -2.32. The van der Waals surface area contributed by atoms with Crippen molar-refractivity contribution in [1.29, 1.82) is 0 Å². The highest BCUT2D eigenvalue weighted by atomic mass is 16.4. The Hall–Kier alpha value is -2.93. The van der Waals surface area contributed by atoms with E-state index in [1.165, 1.54) is 29.5 Å². The Morgan fingerprint density at radius 2 is 1.86 bits per heavy atom. The summed E-state index contributed by atoms with van der Waals surface area (Å²) in [6.45, 7) is 3.84. The van der Waals surface area contributed by atoms with Crippen molar-refractivity contribution in [3.63, 3.8) is 0 Å². The van der Waals surface area contributed by atoms with E-state index in [2.05, 4.69) is 39.8 Å². The van der Waals surface area contributed by atoms with Gasteiger partial charge in [0.05, 0.1) is 11.8 Å². The summed E-state index contributed by atoms with van der Waals surface area (Å²) in [6.07, 6.45) is 10.5. The first kappa shape index (κ1) is 25.7. The van der Waals surface area contributed by atoms with E-state index in [-0.39, 0.29) is 18.4 Å². The Kier molecular flexibility index (Phi) is 8.39.